The van der Waals surface area contributed by atoms with Crippen molar-refractivity contribution in [3.8, 4) is 0 Å². The number of hydrogen-bond acceptors (Lipinski definition) is 5. The van der Waals surface area contributed by atoms with Crippen molar-refractivity contribution in [3.63, 3.8) is 0 Å². The topological polar surface area (TPSA) is 118 Å². The Morgan fingerprint density at radius 3 is 2.12 bits per heavy atom. The zero-order valence-corrected chi connectivity index (χ0v) is 14.6. The third-order valence-electron chi connectivity index (χ3n) is 3.20. The summed E-state index contributed by atoms with van der Waals surface area (Å²) in [7, 11) is -8.00. The minimum absolute atomic E-state index is 0.0725. The Kier molecular flexibility index (Phi) is 5.83. The van der Waals surface area contributed by atoms with Gasteiger partial charge in [-0.25, -0.2) is 0 Å². The second-order valence-electron chi connectivity index (χ2n) is 5.10. The lowest BCUT2D eigenvalue weighted by Gasteiger charge is -2.01. The molecule has 0 bridgehead atoms. The summed E-state index contributed by atoms with van der Waals surface area (Å²) in [6.07, 6.45) is 0.823. The molecule has 0 fully saturated rings. The number of hydrogen-bond donors (Lipinski definition) is 1. The molecule has 0 spiro atoms. The number of sulfonamides is 1. The van der Waals surface area contributed by atoms with E-state index in [0.29, 0.717) is 5.56 Å². The average Bonchev–Trinajstić information content (AvgIpc) is 2.58. The fourth-order valence-electron chi connectivity index (χ4n) is 1.90. The van der Waals surface area contributed by atoms with E-state index in [0.717, 1.165) is 6.21 Å². The van der Waals surface area contributed by atoms with Crippen LogP contribution in [0.5, 0.6) is 0 Å². The molecule has 2 aromatic rings. The second kappa shape index (κ2) is 7.68. The van der Waals surface area contributed by atoms with Crippen molar-refractivity contribution in [3.05, 3.63) is 65.7 Å². The molecule has 0 unspecified atom stereocenters. The first-order valence-corrected chi connectivity index (χ1v) is 10.2. The Labute approximate surface area is 145 Å². The van der Waals surface area contributed by atoms with Gasteiger partial charge in [-0.1, -0.05) is 42.5 Å². The molecule has 0 amide bonds. The highest BCUT2D eigenvalue weighted by Gasteiger charge is 2.12. The van der Waals surface area contributed by atoms with Gasteiger partial charge in [0.15, 0.2) is 5.78 Å². The molecule has 0 radical (unpaired) electrons. The van der Waals surface area contributed by atoms with Gasteiger partial charge in [0.05, 0.1) is 10.6 Å². The number of benzene rings is 2. The minimum Gasteiger partial charge on any atom is -0.294 e. The Balaban J connectivity index is 2.09. The monoisotopic (exact) mass is 381 g/mol. The van der Waals surface area contributed by atoms with Crippen molar-refractivity contribution in [2.24, 2.45) is 4.40 Å². The van der Waals surface area contributed by atoms with Crippen molar-refractivity contribution < 1.29 is 26.2 Å². The van der Waals surface area contributed by atoms with Crippen LogP contribution in [0.4, 0.5) is 0 Å². The number of rotatable bonds is 7. The molecule has 0 aliphatic rings. The molecule has 2 aromatic carbocycles. The van der Waals surface area contributed by atoms with Gasteiger partial charge in [-0.3, -0.25) is 9.35 Å². The highest BCUT2D eigenvalue weighted by molar-refractivity contribution is 7.90. The van der Waals surface area contributed by atoms with Gasteiger partial charge in [-0.2, -0.15) is 21.2 Å². The van der Waals surface area contributed by atoms with Crippen molar-refractivity contribution in [1.82, 2.24) is 0 Å². The molecule has 1 N–H and O–H groups in total. The van der Waals surface area contributed by atoms with Crippen LogP contribution in [0, 0.1) is 0 Å². The third kappa shape index (κ3) is 5.89. The van der Waals surface area contributed by atoms with Crippen LogP contribution in [0.3, 0.4) is 0 Å². The third-order valence-corrected chi connectivity index (χ3v) is 5.17. The standard InChI is InChI=1S/C16H15NO6S2/c18-16(10-11-24(19,20)21)14-8-6-13(7-9-14)12-17-25(22,23)15-4-2-1-3-5-15/h1-9,12H,10-11H2,(H,19,20,21). The van der Waals surface area contributed by atoms with E-state index in [4.69, 9.17) is 4.55 Å². The summed E-state index contributed by atoms with van der Waals surface area (Å²) in [5, 5.41) is 0. The smallest absolute Gasteiger partial charge is 0.282 e. The zero-order valence-electron chi connectivity index (χ0n) is 12.9. The van der Waals surface area contributed by atoms with E-state index in [9.17, 15) is 21.6 Å². The van der Waals surface area contributed by atoms with Gasteiger partial charge in [0.25, 0.3) is 20.1 Å². The Morgan fingerprint density at radius 1 is 0.960 bits per heavy atom. The van der Waals surface area contributed by atoms with Crippen molar-refractivity contribution in [2.45, 2.75) is 11.3 Å². The van der Waals surface area contributed by atoms with Crippen LogP contribution >= 0.6 is 0 Å². The minimum atomic E-state index is -4.20. The highest BCUT2D eigenvalue weighted by Crippen LogP contribution is 2.12. The van der Waals surface area contributed by atoms with Gasteiger partial charge in [0.2, 0.25) is 0 Å². The molecule has 0 saturated carbocycles. The summed E-state index contributed by atoms with van der Waals surface area (Å²) < 4.78 is 57.6. The van der Waals surface area contributed by atoms with E-state index in [-0.39, 0.29) is 16.9 Å². The average molecular weight is 381 g/mol. The molecule has 9 heteroatoms. The fourth-order valence-corrected chi connectivity index (χ4v) is 3.23. The predicted molar refractivity (Wildman–Crippen MR) is 93.0 cm³/mol. The Hall–Kier alpha value is -2.36. The van der Waals surface area contributed by atoms with Crippen LogP contribution in [-0.2, 0) is 20.1 Å². The number of carbonyl (C=O) groups is 1. The van der Waals surface area contributed by atoms with Gasteiger partial charge in [-0.15, -0.1) is 0 Å². The van der Waals surface area contributed by atoms with Gasteiger partial charge in [0.1, 0.15) is 0 Å². The Bertz CT molecular complexity index is 979. The number of ketones is 1. The quantitative estimate of drug-likeness (QED) is 0.445. The zero-order chi connectivity index (χ0) is 18.5. The van der Waals surface area contributed by atoms with Gasteiger partial charge in [-0.05, 0) is 17.7 Å². The highest BCUT2D eigenvalue weighted by atomic mass is 32.2. The van der Waals surface area contributed by atoms with E-state index >= 15 is 0 Å². The molecule has 0 saturated heterocycles. The van der Waals surface area contributed by atoms with Crippen LogP contribution in [0.1, 0.15) is 22.3 Å². The normalized spacial score (nSPS) is 12.4. The SMILES string of the molecule is O=C(CCS(=O)(=O)O)c1ccc(C=NS(=O)(=O)c2ccccc2)cc1. The Morgan fingerprint density at radius 2 is 1.56 bits per heavy atom. The van der Waals surface area contributed by atoms with E-state index < -0.39 is 31.7 Å². The van der Waals surface area contributed by atoms with E-state index in [2.05, 4.69) is 4.40 Å². The summed E-state index contributed by atoms with van der Waals surface area (Å²) in [4.78, 5) is 11.9. The summed E-state index contributed by atoms with van der Waals surface area (Å²) >= 11 is 0. The first kappa shape index (κ1) is 19.0. The van der Waals surface area contributed by atoms with Crippen molar-refractivity contribution in [2.75, 3.05) is 5.75 Å². The molecule has 132 valence electrons. The molecule has 0 aliphatic heterocycles. The molecule has 0 aromatic heterocycles. The van der Waals surface area contributed by atoms with Crippen LogP contribution in [0.25, 0.3) is 0 Å². The van der Waals surface area contributed by atoms with Crippen molar-refractivity contribution in [1.29, 1.82) is 0 Å². The lowest BCUT2D eigenvalue weighted by Crippen LogP contribution is -2.10. The van der Waals surface area contributed by atoms with E-state index in [1.54, 1.807) is 18.2 Å². The molecular formula is C16H15NO6S2. The molecule has 2 rings (SSSR count). The number of carbonyl (C=O) groups excluding carboxylic acids is 1. The van der Waals surface area contributed by atoms with Gasteiger partial charge < -0.3 is 0 Å². The first-order valence-electron chi connectivity index (χ1n) is 7.11. The number of nitrogens with zero attached hydrogens (tertiary/aromatic N) is 1. The number of Topliss-reactive ketones (excluding diaryl/α,β-unsaturated/α-hetero) is 1. The lowest BCUT2D eigenvalue weighted by atomic mass is 10.1. The second-order valence-corrected chi connectivity index (χ2v) is 8.31. The molecule has 0 aliphatic carbocycles. The van der Waals surface area contributed by atoms with Crippen LogP contribution < -0.4 is 0 Å². The summed E-state index contributed by atoms with van der Waals surface area (Å²) in [5.74, 6) is -1.09. The summed E-state index contributed by atoms with van der Waals surface area (Å²) in [5.41, 5.74) is 0.720. The van der Waals surface area contributed by atoms with Gasteiger partial charge in [0, 0.05) is 18.2 Å². The van der Waals surface area contributed by atoms with E-state index in [1.165, 1.54) is 36.4 Å². The van der Waals surface area contributed by atoms with Crippen LogP contribution in [0.2, 0.25) is 0 Å². The van der Waals surface area contributed by atoms with E-state index in [1.807, 2.05) is 0 Å². The maximum atomic E-state index is 12.0. The van der Waals surface area contributed by atoms with Crippen LogP contribution in [0.15, 0.2) is 63.9 Å². The molecule has 7 nitrogen and oxygen atoms in total. The van der Waals surface area contributed by atoms with Crippen LogP contribution in [-0.4, -0.2) is 39.1 Å². The molecule has 0 heterocycles. The lowest BCUT2D eigenvalue weighted by molar-refractivity contribution is 0.0988. The fraction of sp³-hybridized carbons (Fsp3) is 0.125. The first-order chi connectivity index (χ1) is 11.7. The molecular weight excluding hydrogens is 366 g/mol. The predicted octanol–water partition coefficient (Wildman–Crippen LogP) is 1.96. The largest absolute Gasteiger partial charge is 0.294 e. The summed E-state index contributed by atoms with van der Waals surface area (Å²) in [6.45, 7) is 0. The maximum Gasteiger partial charge on any atom is 0.282 e. The summed E-state index contributed by atoms with van der Waals surface area (Å²) in [6, 6.07) is 13.6. The van der Waals surface area contributed by atoms with Gasteiger partial charge >= 0.3 is 0 Å². The van der Waals surface area contributed by atoms with Crippen molar-refractivity contribution >= 4 is 32.1 Å². The molecule has 25 heavy (non-hydrogen) atoms. The molecule has 0 atom stereocenters. The maximum absolute atomic E-state index is 12.0.